The van der Waals surface area contributed by atoms with Crippen LogP contribution in [0.15, 0.2) is 0 Å². The highest BCUT2D eigenvalue weighted by Crippen LogP contribution is 2.51. The molecule has 2 saturated heterocycles. The van der Waals surface area contributed by atoms with Gasteiger partial charge in [0.1, 0.15) is 12.2 Å². The van der Waals surface area contributed by atoms with Crippen molar-refractivity contribution in [1.82, 2.24) is 0 Å². The van der Waals surface area contributed by atoms with Gasteiger partial charge in [0.05, 0.1) is 6.10 Å². The van der Waals surface area contributed by atoms with Gasteiger partial charge in [-0.05, 0) is 27.7 Å². The monoisotopic (exact) mass is 242 g/mol. The van der Waals surface area contributed by atoms with Crippen LogP contribution in [0.25, 0.3) is 0 Å². The molecule has 3 fully saturated rings. The summed E-state index contributed by atoms with van der Waals surface area (Å²) in [5.41, 5.74) is -0.907. The summed E-state index contributed by atoms with van der Waals surface area (Å²) in [6, 6.07) is 0. The molecule has 0 unspecified atom stereocenters. The maximum absolute atomic E-state index is 11.4. The molecule has 0 aromatic rings. The van der Waals surface area contributed by atoms with Crippen LogP contribution >= 0.6 is 0 Å². The SMILES string of the molecule is CC1(C)O[C@@H]2[C@@H](C[C@@]3(C=O)OC(C)(C)O[C@@H]23)O1. The molecule has 96 valence electrons. The first-order chi connectivity index (χ1) is 7.77. The van der Waals surface area contributed by atoms with Gasteiger partial charge in [-0.15, -0.1) is 0 Å². The summed E-state index contributed by atoms with van der Waals surface area (Å²) in [5, 5.41) is 0. The van der Waals surface area contributed by atoms with Crippen molar-refractivity contribution in [2.45, 2.75) is 69.6 Å². The summed E-state index contributed by atoms with van der Waals surface area (Å²) in [5.74, 6) is -1.35. The summed E-state index contributed by atoms with van der Waals surface area (Å²) >= 11 is 0. The third-order valence-electron chi connectivity index (χ3n) is 3.57. The fourth-order valence-electron chi connectivity index (χ4n) is 3.18. The molecular formula is C12H18O5. The quantitative estimate of drug-likeness (QED) is 0.642. The number of hydrogen-bond acceptors (Lipinski definition) is 5. The average molecular weight is 242 g/mol. The molecule has 0 N–H and O–H groups in total. The van der Waals surface area contributed by atoms with Gasteiger partial charge in [-0.1, -0.05) is 0 Å². The zero-order valence-corrected chi connectivity index (χ0v) is 10.6. The fraction of sp³-hybridized carbons (Fsp3) is 0.917. The van der Waals surface area contributed by atoms with Crippen molar-refractivity contribution < 1.29 is 23.7 Å². The van der Waals surface area contributed by atoms with Crippen LogP contribution in [0.1, 0.15) is 34.1 Å². The van der Waals surface area contributed by atoms with Crippen molar-refractivity contribution in [2.75, 3.05) is 0 Å². The van der Waals surface area contributed by atoms with Crippen LogP contribution in [-0.2, 0) is 23.7 Å². The van der Waals surface area contributed by atoms with Crippen LogP contribution in [0.2, 0.25) is 0 Å². The first kappa shape index (κ1) is 11.6. The Hall–Kier alpha value is -0.490. The van der Waals surface area contributed by atoms with Gasteiger partial charge in [0.15, 0.2) is 23.5 Å². The summed E-state index contributed by atoms with van der Waals surface area (Å²) in [6.45, 7) is 7.36. The molecule has 4 atom stereocenters. The minimum atomic E-state index is -0.907. The maximum Gasteiger partial charge on any atom is 0.164 e. The van der Waals surface area contributed by atoms with E-state index in [9.17, 15) is 4.79 Å². The van der Waals surface area contributed by atoms with Crippen molar-refractivity contribution in [3.8, 4) is 0 Å². The molecule has 0 radical (unpaired) electrons. The van der Waals surface area contributed by atoms with E-state index < -0.39 is 17.2 Å². The topological polar surface area (TPSA) is 54.0 Å². The second-order valence-corrected chi connectivity index (χ2v) is 5.96. The summed E-state index contributed by atoms with van der Waals surface area (Å²) in [6.07, 6.45) is 0.610. The third-order valence-corrected chi connectivity index (χ3v) is 3.57. The Morgan fingerprint density at radius 3 is 2.41 bits per heavy atom. The van der Waals surface area contributed by atoms with Crippen LogP contribution in [0.3, 0.4) is 0 Å². The average Bonchev–Trinajstić information content (AvgIpc) is 2.68. The van der Waals surface area contributed by atoms with Crippen molar-refractivity contribution in [2.24, 2.45) is 0 Å². The first-order valence-electron chi connectivity index (χ1n) is 5.97. The van der Waals surface area contributed by atoms with E-state index in [1.807, 2.05) is 27.7 Å². The third kappa shape index (κ3) is 1.57. The van der Waals surface area contributed by atoms with E-state index in [2.05, 4.69) is 0 Å². The van der Waals surface area contributed by atoms with E-state index in [0.29, 0.717) is 6.42 Å². The Morgan fingerprint density at radius 1 is 1.06 bits per heavy atom. The van der Waals surface area contributed by atoms with Gasteiger partial charge in [-0.3, -0.25) is 0 Å². The van der Waals surface area contributed by atoms with Crippen LogP contribution in [0.4, 0.5) is 0 Å². The fourth-order valence-corrected chi connectivity index (χ4v) is 3.18. The van der Waals surface area contributed by atoms with E-state index in [4.69, 9.17) is 18.9 Å². The van der Waals surface area contributed by atoms with E-state index in [-0.39, 0.29) is 18.3 Å². The molecule has 1 aliphatic carbocycles. The van der Waals surface area contributed by atoms with Crippen LogP contribution in [-0.4, -0.2) is 41.8 Å². The Kier molecular flexibility index (Phi) is 2.11. The number of aldehydes is 1. The lowest BCUT2D eigenvalue weighted by atomic mass is 10.0. The summed E-state index contributed by atoms with van der Waals surface area (Å²) in [4.78, 5) is 11.4. The Labute approximate surface area is 100 Å². The molecule has 5 nitrogen and oxygen atoms in total. The van der Waals surface area contributed by atoms with Gasteiger partial charge in [0, 0.05) is 6.42 Å². The standard InChI is InChI=1S/C12H18O5/c1-10(2)14-7-5-12(6-13)9(8(7)15-10)16-11(3,4)17-12/h6-9H,5H2,1-4H3/t7-,8-,9+,12+/m1/s1. The summed E-state index contributed by atoms with van der Waals surface area (Å²) in [7, 11) is 0. The first-order valence-corrected chi connectivity index (χ1v) is 5.97. The zero-order valence-electron chi connectivity index (χ0n) is 10.6. The molecule has 0 bridgehead atoms. The molecular weight excluding hydrogens is 224 g/mol. The number of fused-ring (bicyclic) bond motifs is 3. The van der Waals surface area contributed by atoms with Crippen molar-refractivity contribution in [1.29, 1.82) is 0 Å². The van der Waals surface area contributed by atoms with Gasteiger partial charge in [0.25, 0.3) is 0 Å². The molecule has 17 heavy (non-hydrogen) atoms. The molecule has 2 heterocycles. The normalized spacial score (nSPS) is 50.0. The minimum absolute atomic E-state index is 0.128. The Morgan fingerprint density at radius 2 is 1.76 bits per heavy atom. The lowest BCUT2D eigenvalue weighted by Gasteiger charge is -2.25. The zero-order chi connectivity index (χ0) is 12.5. The molecule has 0 amide bonds. The number of carbonyl (C=O) groups is 1. The minimum Gasteiger partial charge on any atom is -0.344 e. The lowest BCUT2D eigenvalue weighted by molar-refractivity contribution is -0.177. The van der Waals surface area contributed by atoms with E-state index in [1.165, 1.54) is 0 Å². The number of hydrogen-bond donors (Lipinski definition) is 0. The van der Waals surface area contributed by atoms with Gasteiger partial charge < -0.3 is 23.7 Å². The van der Waals surface area contributed by atoms with Gasteiger partial charge in [-0.2, -0.15) is 0 Å². The number of rotatable bonds is 1. The molecule has 3 rings (SSSR count). The smallest absolute Gasteiger partial charge is 0.164 e. The van der Waals surface area contributed by atoms with Gasteiger partial charge in [0.2, 0.25) is 0 Å². The van der Waals surface area contributed by atoms with Crippen LogP contribution in [0, 0.1) is 0 Å². The molecule has 0 aromatic carbocycles. The van der Waals surface area contributed by atoms with Crippen LogP contribution < -0.4 is 0 Å². The highest BCUT2D eigenvalue weighted by molar-refractivity contribution is 5.66. The lowest BCUT2D eigenvalue weighted by Crippen LogP contribution is -2.43. The van der Waals surface area contributed by atoms with Crippen LogP contribution in [0.5, 0.6) is 0 Å². The largest absolute Gasteiger partial charge is 0.344 e. The Bertz CT molecular complexity index is 364. The Balaban J connectivity index is 1.91. The van der Waals surface area contributed by atoms with Crippen molar-refractivity contribution in [3.05, 3.63) is 0 Å². The number of ether oxygens (including phenoxy) is 4. The molecule has 2 aliphatic heterocycles. The molecule has 3 aliphatic rings. The van der Waals surface area contributed by atoms with E-state index in [0.717, 1.165) is 6.29 Å². The van der Waals surface area contributed by atoms with E-state index in [1.54, 1.807) is 0 Å². The highest BCUT2D eigenvalue weighted by atomic mass is 16.8. The second kappa shape index (κ2) is 3.09. The molecule has 0 aromatic heterocycles. The predicted molar refractivity (Wildman–Crippen MR) is 57.3 cm³/mol. The highest BCUT2D eigenvalue weighted by Gasteiger charge is 2.67. The summed E-state index contributed by atoms with van der Waals surface area (Å²) < 4.78 is 23.2. The predicted octanol–water partition coefficient (Wildman–Crippen LogP) is 0.999. The van der Waals surface area contributed by atoms with E-state index >= 15 is 0 Å². The molecule has 1 saturated carbocycles. The van der Waals surface area contributed by atoms with Crippen molar-refractivity contribution >= 4 is 6.29 Å². The maximum atomic E-state index is 11.4. The second-order valence-electron chi connectivity index (χ2n) is 5.96. The van der Waals surface area contributed by atoms with Gasteiger partial charge >= 0.3 is 0 Å². The molecule has 5 heteroatoms. The number of carbonyl (C=O) groups excluding carboxylic acids is 1. The van der Waals surface area contributed by atoms with Crippen molar-refractivity contribution in [3.63, 3.8) is 0 Å². The molecule has 0 spiro atoms. The van der Waals surface area contributed by atoms with Gasteiger partial charge in [-0.25, -0.2) is 0 Å².